The van der Waals surface area contributed by atoms with Gasteiger partial charge in [0.2, 0.25) is 5.91 Å². The lowest BCUT2D eigenvalue weighted by atomic mass is 10.1. The van der Waals surface area contributed by atoms with E-state index in [-0.39, 0.29) is 5.91 Å². The van der Waals surface area contributed by atoms with Crippen molar-refractivity contribution in [1.82, 2.24) is 10.2 Å². The van der Waals surface area contributed by atoms with Crippen LogP contribution in [0, 0.1) is 0 Å². The molecule has 2 rings (SSSR count). The molecule has 1 atom stereocenters. The van der Waals surface area contributed by atoms with E-state index in [0.717, 1.165) is 25.1 Å². The molecular formula is C13H16Cl2N2O. The van der Waals surface area contributed by atoms with Crippen LogP contribution in [0.4, 0.5) is 0 Å². The molecule has 0 saturated carbocycles. The normalized spacial score (nSPS) is 20.3. The molecule has 0 aliphatic carbocycles. The predicted octanol–water partition coefficient (Wildman–Crippen LogP) is 2.70. The van der Waals surface area contributed by atoms with Crippen molar-refractivity contribution in [3.63, 3.8) is 0 Å². The van der Waals surface area contributed by atoms with Crippen molar-refractivity contribution in [2.45, 2.75) is 25.4 Å². The summed E-state index contributed by atoms with van der Waals surface area (Å²) in [5.74, 6) is 0.225. The van der Waals surface area contributed by atoms with Crippen LogP contribution in [0.1, 0.15) is 18.4 Å². The van der Waals surface area contributed by atoms with Crippen LogP contribution >= 0.6 is 23.2 Å². The van der Waals surface area contributed by atoms with Gasteiger partial charge in [0.05, 0.1) is 10.0 Å². The number of amides is 1. The summed E-state index contributed by atoms with van der Waals surface area (Å²) in [6, 6.07) is 5.98. The number of nitrogens with one attached hydrogen (secondary N) is 1. The minimum absolute atomic E-state index is 0.225. The van der Waals surface area contributed by atoms with E-state index in [4.69, 9.17) is 23.2 Å². The summed E-state index contributed by atoms with van der Waals surface area (Å²) in [5, 5.41) is 4.59. The first-order chi connectivity index (χ1) is 8.56. The Bertz CT molecular complexity index is 451. The monoisotopic (exact) mass is 286 g/mol. The first kappa shape index (κ1) is 13.7. The molecule has 5 heteroatoms. The maximum Gasteiger partial charge on any atom is 0.222 e. The number of nitrogens with zero attached hydrogens (tertiary/aromatic N) is 1. The fraction of sp³-hybridized carbons (Fsp3) is 0.462. The lowest BCUT2D eigenvalue weighted by molar-refractivity contribution is -0.132. The second kappa shape index (κ2) is 5.91. The molecule has 3 nitrogen and oxygen atoms in total. The van der Waals surface area contributed by atoms with Crippen molar-refractivity contribution in [3.05, 3.63) is 33.8 Å². The molecule has 18 heavy (non-hydrogen) atoms. The van der Waals surface area contributed by atoms with Gasteiger partial charge in [0.25, 0.3) is 0 Å². The summed E-state index contributed by atoms with van der Waals surface area (Å²) >= 11 is 11.8. The number of piperidine rings is 1. The summed E-state index contributed by atoms with van der Waals surface area (Å²) in [7, 11) is 1.84. The summed E-state index contributed by atoms with van der Waals surface area (Å²) < 4.78 is 0. The van der Waals surface area contributed by atoms with Crippen LogP contribution in [0.2, 0.25) is 10.0 Å². The third-order valence-electron chi connectivity index (χ3n) is 3.21. The van der Waals surface area contributed by atoms with E-state index in [1.165, 1.54) is 0 Å². The molecule has 0 spiro atoms. The number of hydrogen-bond acceptors (Lipinski definition) is 2. The fourth-order valence-electron chi connectivity index (χ4n) is 2.09. The molecule has 1 saturated heterocycles. The average Bonchev–Trinajstić information content (AvgIpc) is 2.35. The van der Waals surface area contributed by atoms with Crippen LogP contribution < -0.4 is 5.32 Å². The Balaban J connectivity index is 1.88. The van der Waals surface area contributed by atoms with Gasteiger partial charge in [-0.1, -0.05) is 29.3 Å². The number of benzene rings is 1. The SMILES string of the molecule is CN1C[C@@H](NCc2ccc(Cl)c(Cl)c2)CCC1=O. The number of likely N-dealkylation sites (tertiary alicyclic amines) is 1. The molecule has 1 N–H and O–H groups in total. The highest BCUT2D eigenvalue weighted by molar-refractivity contribution is 6.42. The van der Waals surface area contributed by atoms with E-state index < -0.39 is 0 Å². The van der Waals surface area contributed by atoms with Crippen molar-refractivity contribution >= 4 is 29.1 Å². The molecule has 1 aromatic carbocycles. The standard InChI is InChI=1S/C13H16Cl2N2O/c1-17-8-10(3-5-13(17)18)16-7-9-2-4-11(14)12(15)6-9/h2,4,6,10,16H,3,5,7-8H2,1H3/t10-/m0/s1. The van der Waals surface area contributed by atoms with Crippen molar-refractivity contribution in [2.75, 3.05) is 13.6 Å². The molecule has 0 unspecified atom stereocenters. The molecule has 1 aromatic rings. The van der Waals surface area contributed by atoms with Crippen LogP contribution in [0.5, 0.6) is 0 Å². The molecule has 1 heterocycles. The van der Waals surface area contributed by atoms with E-state index in [9.17, 15) is 4.79 Å². The Morgan fingerprint density at radius 1 is 1.39 bits per heavy atom. The first-order valence-corrected chi connectivity index (χ1v) is 6.73. The fourth-order valence-corrected chi connectivity index (χ4v) is 2.41. The molecule has 98 valence electrons. The molecule has 1 fully saturated rings. The minimum atomic E-state index is 0.225. The van der Waals surface area contributed by atoms with Crippen molar-refractivity contribution in [3.8, 4) is 0 Å². The van der Waals surface area contributed by atoms with Gasteiger partial charge in [-0.05, 0) is 24.1 Å². The van der Waals surface area contributed by atoms with Gasteiger partial charge < -0.3 is 10.2 Å². The van der Waals surface area contributed by atoms with Gasteiger partial charge >= 0.3 is 0 Å². The average molecular weight is 287 g/mol. The first-order valence-electron chi connectivity index (χ1n) is 5.97. The number of halogens is 2. The lowest BCUT2D eigenvalue weighted by Gasteiger charge is -2.30. The Kier molecular flexibility index (Phi) is 4.49. The Morgan fingerprint density at radius 3 is 2.83 bits per heavy atom. The number of hydrogen-bond donors (Lipinski definition) is 1. The highest BCUT2D eigenvalue weighted by atomic mass is 35.5. The van der Waals surface area contributed by atoms with E-state index in [2.05, 4.69) is 5.32 Å². The van der Waals surface area contributed by atoms with Crippen LogP contribution in [0.25, 0.3) is 0 Å². The summed E-state index contributed by atoms with van der Waals surface area (Å²) in [6.07, 6.45) is 1.51. The van der Waals surface area contributed by atoms with E-state index >= 15 is 0 Å². The molecule has 1 aliphatic rings. The van der Waals surface area contributed by atoms with Gasteiger partial charge in [0, 0.05) is 32.6 Å². The molecule has 0 bridgehead atoms. The van der Waals surface area contributed by atoms with Crippen molar-refractivity contribution in [1.29, 1.82) is 0 Å². The maximum atomic E-state index is 11.4. The van der Waals surface area contributed by atoms with Gasteiger partial charge in [0.1, 0.15) is 0 Å². The highest BCUT2D eigenvalue weighted by Crippen LogP contribution is 2.22. The van der Waals surface area contributed by atoms with Crippen LogP contribution in [0.3, 0.4) is 0 Å². The Hall–Kier alpha value is -0.770. The molecular weight excluding hydrogens is 271 g/mol. The summed E-state index contributed by atoms with van der Waals surface area (Å²) in [4.78, 5) is 13.1. The van der Waals surface area contributed by atoms with Crippen molar-refractivity contribution < 1.29 is 4.79 Å². The Morgan fingerprint density at radius 2 is 2.17 bits per heavy atom. The topological polar surface area (TPSA) is 32.3 Å². The lowest BCUT2D eigenvalue weighted by Crippen LogP contribution is -2.46. The van der Waals surface area contributed by atoms with Crippen LogP contribution in [0.15, 0.2) is 18.2 Å². The minimum Gasteiger partial charge on any atom is -0.344 e. The van der Waals surface area contributed by atoms with Gasteiger partial charge in [-0.2, -0.15) is 0 Å². The van der Waals surface area contributed by atoms with Gasteiger partial charge in [-0.15, -0.1) is 0 Å². The van der Waals surface area contributed by atoms with E-state index in [1.54, 1.807) is 11.0 Å². The van der Waals surface area contributed by atoms with Crippen LogP contribution in [-0.2, 0) is 11.3 Å². The smallest absolute Gasteiger partial charge is 0.222 e. The summed E-state index contributed by atoms with van der Waals surface area (Å²) in [5.41, 5.74) is 1.10. The molecule has 0 radical (unpaired) electrons. The van der Waals surface area contributed by atoms with Gasteiger partial charge in [-0.3, -0.25) is 4.79 Å². The zero-order valence-corrected chi connectivity index (χ0v) is 11.8. The van der Waals surface area contributed by atoms with Gasteiger partial charge in [0.15, 0.2) is 0 Å². The maximum absolute atomic E-state index is 11.4. The zero-order chi connectivity index (χ0) is 13.1. The zero-order valence-electron chi connectivity index (χ0n) is 10.2. The second-order valence-corrected chi connectivity index (χ2v) is 5.45. The third-order valence-corrected chi connectivity index (χ3v) is 3.94. The molecule has 0 aromatic heterocycles. The van der Waals surface area contributed by atoms with Crippen molar-refractivity contribution in [2.24, 2.45) is 0 Å². The molecule has 1 aliphatic heterocycles. The second-order valence-electron chi connectivity index (χ2n) is 4.64. The van der Waals surface area contributed by atoms with Gasteiger partial charge in [-0.25, -0.2) is 0 Å². The number of rotatable bonds is 3. The number of carbonyl (C=O) groups excluding carboxylic acids is 1. The predicted molar refractivity (Wildman–Crippen MR) is 74.0 cm³/mol. The molecule has 1 amide bonds. The van der Waals surface area contributed by atoms with E-state index in [1.807, 2.05) is 19.2 Å². The largest absolute Gasteiger partial charge is 0.344 e. The highest BCUT2D eigenvalue weighted by Gasteiger charge is 2.22. The quantitative estimate of drug-likeness (QED) is 0.927. The van der Waals surface area contributed by atoms with E-state index in [0.29, 0.717) is 22.5 Å². The summed E-state index contributed by atoms with van der Waals surface area (Å²) in [6.45, 7) is 1.50. The van der Waals surface area contributed by atoms with Crippen LogP contribution in [-0.4, -0.2) is 30.4 Å². The number of carbonyl (C=O) groups is 1. The third kappa shape index (κ3) is 3.37. The number of likely N-dealkylation sites (N-methyl/N-ethyl adjacent to an activating group) is 1. The Labute approximate surface area is 117 Å².